The Labute approximate surface area is 91.7 Å². The van der Waals surface area contributed by atoms with E-state index in [0.717, 1.165) is 0 Å². The first-order valence-corrected chi connectivity index (χ1v) is 5.98. The van der Waals surface area contributed by atoms with Gasteiger partial charge in [0, 0.05) is 5.41 Å². The highest BCUT2D eigenvalue weighted by molar-refractivity contribution is 5.84. The van der Waals surface area contributed by atoms with Crippen LogP contribution in [0.4, 0.5) is 0 Å². The minimum Gasteiger partial charge on any atom is -0.466 e. The molecule has 2 rings (SSSR count). The molecule has 2 heteroatoms. The molecule has 84 valence electrons. The molecule has 2 aliphatic rings. The summed E-state index contributed by atoms with van der Waals surface area (Å²) in [6.45, 7) is 6.69. The molecule has 0 radical (unpaired) electrons. The first-order chi connectivity index (χ1) is 7.09. The number of carbonyl (C=O) groups is 1. The molecule has 2 saturated carbocycles. The second-order valence-electron chi connectivity index (χ2n) is 5.13. The summed E-state index contributed by atoms with van der Waals surface area (Å²) < 4.78 is 5.12. The standard InChI is InChI=1S/C13H20O2/c1-4-15-12(14)11-10(13(11,2)3)9-7-5-6-8-9/h11H,4-8H2,1-3H3. The van der Waals surface area contributed by atoms with Crippen LogP contribution in [-0.2, 0) is 9.53 Å². The van der Waals surface area contributed by atoms with E-state index in [-0.39, 0.29) is 17.3 Å². The normalized spacial score (nSPS) is 28.1. The van der Waals surface area contributed by atoms with Crippen molar-refractivity contribution < 1.29 is 9.53 Å². The van der Waals surface area contributed by atoms with Crippen LogP contribution in [0.1, 0.15) is 46.5 Å². The van der Waals surface area contributed by atoms with Crippen molar-refractivity contribution in [2.75, 3.05) is 6.61 Å². The monoisotopic (exact) mass is 208 g/mol. The molecule has 0 N–H and O–H groups in total. The van der Waals surface area contributed by atoms with Gasteiger partial charge in [0.25, 0.3) is 0 Å². The minimum absolute atomic E-state index is 0.0168. The largest absolute Gasteiger partial charge is 0.466 e. The van der Waals surface area contributed by atoms with Crippen molar-refractivity contribution >= 4 is 5.97 Å². The van der Waals surface area contributed by atoms with Crippen LogP contribution in [0.25, 0.3) is 0 Å². The van der Waals surface area contributed by atoms with Crippen LogP contribution < -0.4 is 0 Å². The fraction of sp³-hybridized carbons (Fsp3) is 0.769. The van der Waals surface area contributed by atoms with E-state index in [1.807, 2.05) is 6.92 Å². The van der Waals surface area contributed by atoms with E-state index in [9.17, 15) is 4.79 Å². The summed E-state index contributed by atoms with van der Waals surface area (Å²) in [4.78, 5) is 11.7. The number of ether oxygens (including phenoxy) is 1. The lowest BCUT2D eigenvalue weighted by atomic mass is 10.1. The Morgan fingerprint density at radius 1 is 1.40 bits per heavy atom. The molecule has 0 aromatic carbocycles. The van der Waals surface area contributed by atoms with Crippen molar-refractivity contribution in [1.82, 2.24) is 0 Å². The van der Waals surface area contributed by atoms with Crippen molar-refractivity contribution in [3.63, 3.8) is 0 Å². The van der Waals surface area contributed by atoms with Crippen molar-refractivity contribution in [3.8, 4) is 0 Å². The average molecular weight is 208 g/mol. The molecular formula is C13H20O2. The SMILES string of the molecule is CCOC(=O)C1C(=C2CCCC2)C1(C)C. The van der Waals surface area contributed by atoms with Crippen molar-refractivity contribution in [2.24, 2.45) is 11.3 Å². The van der Waals surface area contributed by atoms with Crippen LogP contribution in [0.15, 0.2) is 11.1 Å². The van der Waals surface area contributed by atoms with Crippen LogP contribution >= 0.6 is 0 Å². The number of hydrogen-bond acceptors (Lipinski definition) is 2. The van der Waals surface area contributed by atoms with Crippen molar-refractivity contribution in [3.05, 3.63) is 11.1 Å². The fourth-order valence-electron chi connectivity index (χ4n) is 2.92. The first-order valence-electron chi connectivity index (χ1n) is 5.98. The smallest absolute Gasteiger partial charge is 0.313 e. The zero-order valence-corrected chi connectivity index (χ0v) is 9.93. The minimum atomic E-state index is -0.0168. The third-order valence-corrected chi connectivity index (χ3v) is 3.73. The van der Waals surface area contributed by atoms with E-state index >= 15 is 0 Å². The summed E-state index contributed by atoms with van der Waals surface area (Å²) in [5.74, 6) is 0.0439. The topological polar surface area (TPSA) is 26.3 Å². The summed E-state index contributed by atoms with van der Waals surface area (Å²) in [7, 11) is 0. The van der Waals surface area contributed by atoms with Crippen molar-refractivity contribution in [2.45, 2.75) is 46.5 Å². The highest BCUT2D eigenvalue weighted by atomic mass is 16.5. The van der Waals surface area contributed by atoms with Crippen LogP contribution in [-0.4, -0.2) is 12.6 Å². The molecule has 15 heavy (non-hydrogen) atoms. The quantitative estimate of drug-likeness (QED) is 0.515. The zero-order chi connectivity index (χ0) is 11.1. The Balaban J connectivity index is 2.15. The predicted octanol–water partition coefficient (Wildman–Crippen LogP) is 3.08. The van der Waals surface area contributed by atoms with E-state index < -0.39 is 0 Å². The van der Waals surface area contributed by atoms with Gasteiger partial charge in [0.1, 0.15) is 0 Å². The van der Waals surface area contributed by atoms with Gasteiger partial charge in [0.2, 0.25) is 0 Å². The van der Waals surface area contributed by atoms with Gasteiger partial charge in [-0.15, -0.1) is 0 Å². The maximum absolute atomic E-state index is 11.7. The van der Waals surface area contributed by atoms with Gasteiger partial charge in [-0.1, -0.05) is 19.4 Å². The van der Waals surface area contributed by atoms with E-state index in [2.05, 4.69) is 13.8 Å². The molecule has 0 bridgehead atoms. The van der Waals surface area contributed by atoms with Crippen LogP contribution in [0.2, 0.25) is 0 Å². The highest BCUT2D eigenvalue weighted by Gasteiger charge is 2.59. The molecule has 0 aliphatic heterocycles. The lowest BCUT2D eigenvalue weighted by Crippen LogP contribution is -2.09. The number of rotatable bonds is 2. The fourth-order valence-corrected chi connectivity index (χ4v) is 2.92. The summed E-state index contributed by atoms with van der Waals surface area (Å²) >= 11 is 0. The van der Waals surface area contributed by atoms with Crippen LogP contribution in [0.3, 0.4) is 0 Å². The molecule has 2 nitrogen and oxygen atoms in total. The van der Waals surface area contributed by atoms with Crippen LogP contribution in [0, 0.1) is 11.3 Å². The lowest BCUT2D eigenvalue weighted by molar-refractivity contribution is -0.145. The highest BCUT2D eigenvalue weighted by Crippen LogP contribution is 2.61. The Morgan fingerprint density at radius 2 is 2.00 bits per heavy atom. The number of carbonyl (C=O) groups excluding carboxylic acids is 1. The predicted molar refractivity (Wildman–Crippen MR) is 59.4 cm³/mol. The van der Waals surface area contributed by atoms with Crippen molar-refractivity contribution in [1.29, 1.82) is 0 Å². The Morgan fingerprint density at radius 3 is 2.53 bits per heavy atom. The molecular weight excluding hydrogens is 188 g/mol. The van der Waals surface area contributed by atoms with E-state index in [4.69, 9.17) is 4.74 Å². The summed E-state index contributed by atoms with van der Waals surface area (Å²) in [5.41, 5.74) is 3.00. The summed E-state index contributed by atoms with van der Waals surface area (Å²) in [6, 6.07) is 0. The van der Waals surface area contributed by atoms with E-state index in [1.54, 1.807) is 0 Å². The Hall–Kier alpha value is -0.790. The molecule has 2 aliphatic carbocycles. The molecule has 2 fully saturated rings. The number of esters is 1. The molecule has 0 aromatic rings. The van der Waals surface area contributed by atoms with Crippen LogP contribution in [0.5, 0.6) is 0 Å². The molecule has 0 aromatic heterocycles. The third kappa shape index (κ3) is 1.70. The molecule has 0 heterocycles. The van der Waals surface area contributed by atoms with E-state index in [0.29, 0.717) is 6.61 Å². The first kappa shape index (κ1) is 10.7. The lowest BCUT2D eigenvalue weighted by Gasteiger charge is -2.00. The number of hydrogen-bond donors (Lipinski definition) is 0. The summed E-state index contributed by atoms with van der Waals surface area (Å²) in [6.07, 6.45) is 5.00. The summed E-state index contributed by atoms with van der Waals surface area (Å²) in [5, 5.41) is 0. The Kier molecular flexibility index (Phi) is 2.61. The van der Waals surface area contributed by atoms with Gasteiger partial charge in [-0.25, -0.2) is 0 Å². The third-order valence-electron chi connectivity index (χ3n) is 3.73. The molecule has 0 saturated heterocycles. The van der Waals surface area contributed by atoms with Gasteiger partial charge in [0.05, 0.1) is 12.5 Å². The molecule has 1 unspecified atom stereocenters. The van der Waals surface area contributed by atoms with Gasteiger partial charge < -0.3 is 4.74 Å². The van der Waals surface area contributed by atoms with Gasteiger partial charge >= 0.3 is 5.97 Å². The average Bonchev–Trinajstić information content (AvgIpc) is 2.59. The zero-order valence-electron chi connectivity index (χ0n) is 9.93. The van der Waals surface area contributed by atoms with Gasteiger partial charge in [-0.3, -0.25) is 4.79 Å². The maximum atomic E-state index is 11.7. The second-order valence-corrected chi connectivity index (χ2v) is 5.13. The number of allylic oxidation sites excluding steroid dienone is 1. The molecule has 0 amide bonds. The maximum Gasteiger partial charge on any atom is 0.313 e. The van der Waals surface area contributed by atoms with Gasteiger partial charge in [-0.2, -0.15) is 0 Å². The molecule has 1 atom stereocenters. The second kappa shape index (κ2) is 3.66. The van der Waals surface area contributed by atoms with Gasteiger partial charge in [0.15, 0.2) is 0 Å². The van der Waals surface area contributed by atoms with E-state index in [1.165, 1.54) is 36.8 Å². The van der Waals surface area contributed by atoms with Gasteiger partial charge in [-0.05, 0) is 38.2 Å². The Bertz CT molecular complexity index is 304. The molecule has 0 spiro atoms.